The number of carbonyl (C=O) groups excluding carboxylic acids is 2. The number of likely N-dealkylation sites (N-methyl/N-ethyl adjacent to an activating group) is 2. The van der Waals surface area contributed by atoms with Crippen molar-refractivity contribution in [3.8, 4) is 0 Å². The van der Waals surface area contributed by atoms with Crippen molar-refractivity contribution in [1.82, 2.24) is 20.4 Å². The van der Waals surface area contributed by atoms with Crippen LogP contribution in [0.15, 0.2) is 0 Å². The van der Waals surface area contributed by atoms with E-state index in [2.05, 4.69) is 15.5 Å². The summed E-state index contributed by atoms with van der Waals surface area (Å²) in [6.45, 7) is 4.46. The van der Waals surface area contributed by atoms with Crippen molar-refractivity contribution in [3.63, 3.8) is 0 Å². The molecule has 7 heteroatoms. The van der Waals surface area contributed by atoms with Gasteiger partial charge in [0.15, 0.2) is 0 Å². The highest BCUT2D eigenvalue weighted by molar-refractivity contribution is 5.87. The molecule has 2 rings (SSSR count). The fourth-order valence-corrected chi connectivity index (χ4v) is 2.84. The van der Waals surface area contributed by atoms with E-state index in [9.17, 15) is 9.59 Å². The molecule has 21 heavy (non-hydrogen) atoms. The summed E-state index contributed by atoms with van der Waals surface area (Å²) in [5.74, 6) is 0.0273. The Bertz CT molecular complexity index is 363. The van der Waals surface area contributed by atoms with Crippen LogP contribution in [0.4, 0.5) is 4.79 Å². The molecule has 120 valence electrons. The van der Waals surface area contributed by atoms with Crippen LogP contribution in [-0.4, -0.2) is 81.3 Å². The van der Waals surface area contributed by atoms with Crippen LogP contribution in [0, 0.1) is 5.92 Å². The van der Waals surface area contributed by atoms with Crippen LogP contribution in [0.25, 0.3) is 0 Å². The van der Waals surface area contributed by atoms with Crippen LogP contribution in [0.1, 0.15) is 12.8 Å². The van der Waals surface area contributed by atoms with Crippen LogP contribution < -0.4 is 10.6 Å². The molecule has 1 atom stereocenters. The fraction of sp³-hybridized carbons (Fsp3) is 0.857. The van der Waals surface area contributed by atoms with Crippen molar-refractivity contribution in [2.24, 2.45) is 5.92 Å². The van der Waals surface area contributed by atoms with Gasteiger partial charge in [-0.1, -0.05) is 0 Å². The Morgan fingerprint density at radius 1 is 1.14 bits per heavy atom. The lowest BCUT2D eigenvalue weighted by Crippen LogP contribution is -2.57. The number of nitrogens with one attached hydrogen (secondary N) is 2. The van der Waals surface area contributed by atoms with Gasteiger partial charge in [-0.05, 0) is 25.8 Å². The van der Waals surface area contributed by atoms with E-state index in [1.807, 2.05) is 7.05 Å². The Kier molecular flexibility index (Phi) is 5.81. The van der Waals surface area contributed by atoms with Gasteiger partial charge in [0, 0.05) is 46.4 Å². The minimum Gasteiger partial charge on any atom is -0.381 e. The maximum atomic E-state index is 12.4. The van der Waals surface area contributed by atoms with Crippen molar-refractivity contribution in [2.45, 2.75) is 18.9 Å². The maximum absolute atomic E-state index is 12.4. The predicted octanol–water partition coefficient (Wildman–Crippen LogP) is -0.515. The Morgan fingerprint density at radius 2 is 1.76 bits per heavy atom. The van der Waals surface area contributed by atoms with Gasteiger partial charge in [0.05, 0.1) is 0 Å². The summed E-state index contributed by atoms with van der Waals surface area (Å²) in [5.41, 5.74) is 0. The molecular formula is C14H26N4O3. The standard InChI is InChI=1S/C14H26N4O3/c1-15-13(19)12(11-3-9-21-10-4-11)16-14(20)18-7-5-17(2)6-8-18/h11-12H,3-10H2,1-2H3,(H,15,19)(H,16,20)/t12-/m0/s1. The number of amides is 3. The molecule has 2 heterocycles. The number of urea groups is 1. The summed E-state index contributed by atoms with van der Waals surface area (Å²) in [4.78, 5) is 28.4. The number of hydrogen-bond acceptors (Lipinski definition) is 4. The van der Waals surface area contributed by atoms with Gasteiger partial charge < -0.3 is 25.2 Å². The number of rotatable bonds is 3. The number of hydrogen-bond donors (Lipinski definition) is 2. The second-order valence-electron chi connectivity index (χ2n) is 5.78. The number of nitrogens with zero attached hydrogens (tertiary/aromatic N) is 2. The third kappa shape index (κ3) is 4.31. The first kappa shape index (κ1) is 16.0. The first-order chi connectivity index (χ1) is 10.1. The fourth-order valence-electron chi connectivity index (χ4n) is 2.84. The van der Waals surface area contributed by atoms with Crippen LogP contribution in [0.3, 0.4) is 0 Å². The minimum atomic E-state index is -0.467. The third-order valence-electron chi connectivity index (χ3n) is 4.34. The van der Waals surface area contributed by atoms with Gasteiger partial charge in [0.1, 0.15) is 6.04 Å². The SMILES string of the molecule is CNC(=O)[C@@H](NC(=O)N1CCN(C)CC1)C1CCOCC1. The molecule has 0 bridgehead atoms. The summed E-state index contributed by atoms with van der Waals surface area (Å²) in [7, 11) is 3.65. The molecule has 0 radical (unpaired) electrons. The van der Waals surface area contributed by atoms with E-state index in [0.717, 1.165) is 25.9 Å². The first-order valence-electron chi connectivity index (χ1n) is 7.65. The van der Waals surface area contributed by atoms with Crippen molar-refractivity contribution < 1.29 is 14.3 Å². The lowest BCUT2D eigenvalue weighted by Gasteiger charge is -2.35. The molecule has 0 spiro atoms. The molecule has 0 aromatic heterocycles. The number of ether oxygens (including phenoxy) is 1. The van der Waals surface area contributed by atoms with Crippen molar-refractivity contribution in [2.75, 3.05) is 53.5 Å². The average Bonchev–Trinajstić information content (AvgIpc) is 2.53. The molecule has 3 amide bonds. The highest BCUT2D eigenvalue weighted by Crippen LogP contribution is 2.19. The molecule has 2 aliphatic heterocycles. The van der Waals surface area contributed by atoms with Crippen LogP contribution in [0.5, 0.6) is 0 Å². The monoisotopic (exact) mass is 298 g/mol. The van der Waals surface area contributed by atoms with Gasteiger partial charge in [-0.2, -0.15) is 0 Å². The third-order valence-corrected chi connectivity index (χ3v) is 4.34. The van der Waals surface area contributed by atoms with Gasteiger partial charge in [-0.15, -0.1) is 0 Å². The second kappa shape index (κ2) is 7.61. The molecule has 0 aliphatic carbocycles. The average molecular weight is 298 g/mol. The summed E-state index contributed by atoms with van der Waals surface area (Å²) < 4.78 is 5.34. The normalized spacial score (nSPS) is 22.7. The Balaban J connectivity index is 1.94. The maximum Gasteiger partial charge on any atom is 0.318 e. The van der Waals surface area contributed by atoms with Gasteiger partial charge >= 0.3 is 6.03 Å². The van der Waals surface area contributed by atoms with Crippen molar-refractivity contribution in [1.29, 1.82) is 0 Å². The van der Waals surface area contributed by atoms with Crippen molar-refractivity contribution >= 4 is 11.9 Å². The molecule has 0 saturated carbocycles. The molecule has 0 aromatic rings. The van der Waals surface area contributed by atoms with E-state index in [4.69, 9.17) is 4.74 Å². The molecule has 7 nitrogen and oxygen atoms in total. The molecule has 2 aliphatic rings. The molecule has 0 unspecified atom stereocenters. The molecule has 2 N–H and O–H groups in total. The lowest BCUT2D eigenvalue weighted by atomic mass is 9.91. The number of carbonyl (C=O) groups is 2. The number of piperazine rings is 1. The van der Waals surface area contributed by atoms with E-state index >= 15 is 0 Å². The predicted molar refractivity (Wildman–Crippen MR) is 79.0 cm³/mol. The Morgan fingerprint density at radius 3 is 2.33 bits per heavy atom. The summed E-state index contributed by atoms with van der Waals surface area (Å²) >= 11 is 0. The van der Waals surface area contributed by atoms with Gasteiger partial charge in [-0.25, -0.2) is 4.79 Å². The quantitative estimate of drug-likeness (QED) is 0.736. The highest BCUT2D eigenvalue weighted by atomic mass is 16.5. The molecular weight excluding hydrogens is 272 g/mol. The smallest absolute Gasteiger partial charge is 0.318 e. The summed E-state index contributed by atoms with van der Waals surface area (Å²) in [6.07, 6.45) is 1.61. The van der Waals surface area contributed by atoms with E-state index in [-0.39, 0.29) is 17.9 Å². The Hall–Kier alpha value is -1.34. The van der Waals surface area contributed by atoms with Gasteiger partial charge in [0.2, 0.25) is 5.91 Å². The van der Waals surface area contributed by atoms with Crippen LogP contribution in [-0.2, 0) is 9.53 Å². The zero-order chi connectivity index (χ0) is 15.2. The van der Waals surface area contributed by atoms with E-state index < -0.39 is 6.04 Å². The summed E-state index contributed by atoms with van der Waals surface area (Å²) in [6, 6.07) is -0.603. The largest absolute Gasteiger partial charge is 0.381 e. The van der Waals surface area contributed by atoms with Crippen LogP contribution >= 0.6 is 0 Å². The summed E-state index contributed by atoms with van der Waals surface area (Å²) in [5, 5.41) is 5.58. The zero-order valence-electron chi connectivity index (χ0n) is 12.9. The van der Waals surface area contributed by atoms with E-state index in [0.29, 0.717) is 26.3 Å². The second-order valence-corrected chi connectivity index (χ2v) is 5.78. The topological polar surface area (TPSA) is 73.9 Å². The molecule has 2 fully saturated rings. The first-order valence-corrected chi connectivity index (χ1v) is 7.65. The minimum absolute atomic E-state index is 0.121. The van der Waals surface area contributed by atoms with Gasteiger partial charge in [0.25, 0.3) is 0 Å². The Labute approximate surface area is 126 Å². The van der Waals surface area contributed by atoms with E-state index in [1.165, 1.54) is 0 Å². The molecule has 0 aromatic carbocycles. The molecule has 2 saturated heterocycles. The van der Waals surface area contributed by atoms with Crippen LogP contribution in [0.2, 0.25) is 0 Å². The van der Waals surface area contributed by atoms with Crippen molar-refractivity contribution in [3.05, 3.63) is 0 Å². The lowest BCUT2D eigenvalue weighted by molar-refractivity contribution is -0.124. The van der Waals surface area contributed by atoms with E-state index in [1.54, 1.807) is 11.9 Å². The van der Waals surface area contributed by atoms with Gasteiger partial charge in [-0.3, -0.25) is 4.79 Å². The zero-order valence-corrected chi connectivity index (χ0v) is 12.9. The highest BCUT2D eigenvalue weighted by Gasteiger charge is 2.32.